The van der Waals surface area contributed by atoms with Crippen molar-refractivity contribution in [3.05, 3.63) is 22.3 Å². The van der Waals surface area contributed by atoms with E-state index >= 15 is 0 Å². The largest absolute Gasteiger partial charge is 0.368 e. The molecule has 0 amide bonds. The molecule has 0 aliphatic heterocycles. The first-order chi connectivity index (χ1) is 7.00. The lowest BCUT2D eigenvalue weighted by Gasteiger charge is -2.15. The molecule has 1 rings (SSSR count). The summed E-state index contributed by atoms with van der Waals surface area (Å²) in [5.41, 5.74) is 1.14. The fraction of sp³-hybridized carbons (Fsp3) is 0.545. The second-order valence-electron chi connectivity index (χ2n) is 3.98. The first-order valence-electron chi connectivity index (χ1n) is 5.00. The summed E-state index contributed by atoms with van der Waals surface area (Å²) in [6, 6.07) is 2.04. The number of pyridine rings is 1. The Morgan fingerprint density at radius 2 is 2.20 bits per heavy atom. The average Bonchev–Trinajstić information content (AvgIpc) is 2.15. The monoisotopic (exact) mass is 290 g/mol. The number of halogens is 2. The van der Waals surface area contributed by atoms with E-state index in [1.165, 1.54) is 0 Å². The lowest BCUT2D eigenvalue weighted by Crippen LogP contribution is -2.20. The minimum absolute atomic E-state index is 0.125. The van der Waals surface area contributed by atoms with E-state index in [1.807, 2.05) is 19.2 Å². The highest BCUT2D eigenvalue weighted by Crippen LogP contribution is 2.21. The van der Waals surface area contributed by atoms with Crippen molar-refractivity contribution in [3.8, 4) is 0 Å². The van der Waals surface area contributed by atoms with Crippen molar-refractivity contribution in [2.45, 2.75) is 26.1 Å². The van der Waals surface area contributed by atoms with E-state index in [-0.39, 0.29) is 5.38 Å². The summed E-state index contributed by atoms with van der Waals surface area (Å²) < 4.78 is 0.982. The number of nitrogens with one attached hydrogen (secondary N) is 1. The van der Waals surface area contributed by atoms with Crippen molar-refractivity contribution >= 4 is 33.3 Å². The zero-order valence-corrected chi connectivity index (χ0v) is 11.6. The quantitative estimate of drug-likeness (QED) is 0.853. The van der Waals surface area contributed by atoms with Crippen LogP contribution in [0.2, 0.25) is 0 Å². The Kier molecular flexibility index (Phi) is 4.87. The molecular formula is C11H16BrClN2. The first-order valence-corrected chi connectivity index (χ1v) is 6.23. The van der Waals surface area contributed by atoms with E-state index in [9.17, 15) is 0 Å². The average molecular weight is 292 g/mol. The van der Waals surface area contributed by atoms with E-state index in [4.69, 9.17) is 11.6 Å². The molecule has 1 atom stereocenters. The third-order valence-electron chi connectivity index (χ3n) is 2.17. The number of aryl methyl sites for hydroxylation is 1. The third kappa shape index (κ3) is 3.99. The molecule has 4 heteroatoms. The first kappa shape index (κ1) is 12.8. The van der Waals surface area contributed by atoms with E-state index in [1.54, 1.807) is 0 Å². The molecule has 15 heavy (non-hydrogen) atoms. The molecule has 0 saturated carbocycles. The molecule has 84 valence electrons. The normalized spacial score (nSPS) is 12.9. The van der Waals surface area contributed by atoms with Crippen molar-refractivity contribution in [3.63, 3.8) is 0 Å². The summed E-state index contributed by atoms with van der Waals surface area (Å²) in [5.74, 6) is 1.32. The molecule has 0 bridgehead atoms. The maximum absolute atomic E-state index is 6.14. The minimum atomic E-state index is 0.125. The van der Waals surface area contributed by atoms with E-state index in [0.29, 0.717) is 5.92 Å². The number of anilines is 1. The molecule has 0 aliphatic rings. The summed E-state index contributed by atoms with van der Waals surface area (Å²) >= 11 is 9.61. The van der Waals surface area contributed by atoms with Crippen LogP contribution in [0.4, 0.5) is 5.82 Å². The van der Waals surface area contributed by atoms with Gasteiger partial charge in [-0.1, -0.05) is 13.8 Å². The van der Waals surface area contributed by atoms with Gasteiger partial charge in [-0.2, -0.15) is 0 Å². The topological polar surface area (TPSA) is 24.9 Å². The summed E-state index contributed by atoms with van der Waals surface area (Å²) in [5, 5.41) is 3.36. The van der Waals surface area contributed by atoms with Crippen LogP contribution < -0.4 is 5.32 Å². The summed E-state index contributed by atoms with van der Waals surface area (Å²) in [4.78, 5) is 4.29. The molecule has 2 nitrogen and oxygen atoms in total. The Bertz CT molecular complexity index is 328. The van der Waals surface area contributed by atoms with Gasteiger partial charge in [0.2, 0.25) is 0 Å². The molecule has 0 aromatic carbocycles. The summed E-state index contributed by atoms with van der Waals surface area (Å²) in [6.07, 6.45) is 1.84. The summed E-state index contributed by atoms with van der Waals surface area (Å²) in [6.45, 7) is 6.96. The molecular weight excluding hydrogens is 275 g/mol. The van der Waals surface area contributed by atoms with Gasteiger partial charge in [-0.3, -0.25) is 0 Å². The van der Waals surface area contributed by atoms with Crippen LogP contribution in [-0.4, -0.2) is 16.9 Å². The highest BCUT2D eigenvalue weighted by atomic mass is 79.9. The van der Waals surface area contributed by atoms with Gasteiger partial charge < -0.3 is 5.32 Å². The fourth-order valence-electron chi connectivity index (χ4n) is 1.09. The van der Waals surface area contributed by atoms with Crippen LogP contribution in [0.1, 0.15) is 19.4 Å². The van der Waals surface area contributed by atoms with Crippen molar-refractivity contribution in [1.29, 1.82) is 0 Å². The second-order valence-corrected chi connectivity index (χ2v) is 5.40. The van der Waals surface area contributed by atoms with Crippen LogP contribution in [0.5, 0.6) is 0 Å². The molecule has 1 aromatic rings. The maximum atomic E-state index is 6.14. The maximum Gasteiger partial charge on any atom is 0.140 e. The minimum Gasteiger partial charge on any atom is -0.368 e. The van der Waals surface area contributed by atoms with Gasteiger partial charge in [0, 0.05) is 12.7 Å². The lowest BCUT2D eigenvalue weighted by atomic mass is 10.1. The molecule has 1 unspecified atom stereocenters. The lowest BCUT2D eigenvalue weighted by molar-refractivity contribution is 0.615. The van der Waals surface area contributed by atoms with Gasteiger partial charge in [-0.05, 0) is 40.4 Å². The van der Waals surface area contributed by atoms with Crippen LogP contribution >= 0.6 is 27.5 Å². The van der Waals surface area contributed by atoms with E-state index in [2.05, 4.69) is 40.1 Å². The van der Waals surface area contributed by atoms with Gasteiger partial charge in [0.25, 0.3) is 0 Å². The summed E-state index contributed by atoms with van der Waals surface area (Å²) in [7, 11) is 0. The van der Waals surface area contributed by atoms with Gasteiger partial charge in [-0.15, -0.1) is 11.6 Å². The standard InChI is InChI=1S/C11H16BrClN2/c1-7(2)10(13)6-15-11-9(12)4-8(3)5-14-11/h4-5,7,10H,6H2,1-3H3,(H,14,15). The van der Waals surface area contributed by atoms with E-state index < -0.39 is 0 Å². The molecule has 0 spiro atoms. The number of alkyl halides is 1. The molecule has 0 saturated heterocycles. The Labute approximate surface area is 105 Å². The Morgan fingerprint density at radius 1 is 1.53 bits per heavy atom. The van der Waals surface area contributed by atoms with Crippen molar-refractivity contribution in [2.24, 2.45) is 5.92 Å². The number of hydrogen-bond acceptors (Lipinski definition) is 2. The van der Waals surface area contributed by atoms with Gasteiger partial charge in [-0.25, -0.2) is 4.98 Å². The molecule has 0 fully saturated rings. The Hall–Kier alpha value is -0.280. The van der Waals surface area contributed by atoms with Crippen LogP contribution in [-0.2, 0) is 0 Å². The van der Waals surface area contributed by atoms with Crippen LogP contribution in [0.15, 0.2) is 16.7 Å². The zero-order valence-electron chi connectivity index (χ0n) is 9.22. The van der Waals surface area contributed by atoms with Crippen molar-refractivity contribution in [1.82, 2.24) is 4.98 Å². The zero-order chi connectivity index (χ0) is 11.4. The number of rotatable bonds is 4. The molecule has 0 aliphatic carbocycles. The van der Waals surface area contributed by atoms with Gasteiger partial charge in [0.1, 0.15) is 5.82 Å². The van der Waals surface area contributed by atoms with Gasteiger partial charge >= 0.3 is 0 Å². The van der Waals surface area contributed by atoms with Crippen LogP contribution in [0.3, 0.4) is 0 Å². The predicted octanol–water partition coefficient (Wildman–Crippen LogP) is 3.83. The highest BCUT2D eigenvalue weighted by Gasteiger charge is 2.10. The molecule has 1 heterocycles. The number of nitrogens with zero attached hydrogens (tertiary/aromatic N) is 1. The second kappa shape index (κ2) is 5.71. The predicted molar refractivity (Wildman–Crippen MR) is 69.6 cm³/mol. The molecule has 0 radical (unpaired) electrons. The van der Waals surface area contributed by atoms with Crippen molar-refractivity contribution < 1.29 is 0 Å². The van der Waals surface area contributed by atoms with E-state index in [0.717, 1.165) is 22.4 Å². The number of hydrogen-bond donors (Lipinski definition) is 1. The SMILES string of the molecule is Cc1cnc(NCC(Cl)C(C)C)c(Br)c1. The number of aromatic nitrogens is 1. The van der Waals surface area contributed by atoms with Crippen molar-refractivity contribution in [2.75, 3.05) is 11.9 Å². The van der Waals surface area contributed by atoms with Gasteiger partial charge in [0.05, 0.1) is 9.85 Å². The molecule has 1 aromatic heterocycles. The van der Waals surface area contributed by atoms with Gasteiger partial charge in [0.15, 0.2) is 0 Å². The fourth-order valence-corrected chi connectivity index (χ4v) is 1.77. The highest BCUT2D eigenvalue weighted by molar-refractivity contribution is 9.10. The third-order valence-corrected chi connectivity index (χ3v) is 3.43. The smallest absolute Gasteiger partial charge is 0.140 e. The Morgan fingerprint density at radius 3 is 2.73 bits per heavy atom. The molecule has 1 N–H and O–H groups in total. The Balaban J connectivity index is 2.58. The van der Waals surface area contributed by atoms with Crippen LogP contribution in [0.25, 0.3) is 0 Å². The van der Waals surface area contributed by atoms with Crippen LogP contribution in [0, 0.1) is 12.8 Å².